The number of piperidine rings is 1. The zero-order chi connectivity index (χ0) is 21.3. The van der Waals surface area contributed by atoms with Crippen molar-refractivity contribution < 1.29 is 8.42 Å². The first-order valence-corrected chi connectivity index (χ1v) is 11.7. The van der Waals surface area contributed by atoms with Crippen LogP contribution in [0, 0.1) is 17.2 Å². The van der Waals surface area contributed by atoms with Gasteiger partial charge in [0, 0.05) is 18.1 Å². The van der Waals surface area contributed by atoms with E-state index in [-0.39, 0.29) is 10.6 Å². The molecule has 0 aliphatic carbocycles. The maximum Gasteiger partial charge on any atom is 0.200 e. The van der Waals surface area contributed by atoms with Crippen LogP contribution in [-0.4, -0.2) is 31.5 Å². The summed E-state index contributed by atoms with van der Waals surface area (Å²) in [5, 5.41) is 8.75. The van der Waals surface area contributed by atoms with Crippen molar-refractivity contribution in [1.82, 2.24) is 9.97 Å². The van der Waals surface area contributed by atoms with Crippen molar-refractivity contribution in [2.24, 2.45) is 5.92 Å². The number of hydrogen-bond donors (Lipinski definition) is 0. The summed E-state index contributed by atoms with van der Waals surface area (Å²) in [7, 11) is -4.04. The molecule has 0 unspecified atom stereocenters. The molecule has 30 heavy (non-hydrogen) atoms. The van der Waals surface area contributed by atoms with Gasteiger partial charge in [0.2, 0.25) is 9.84 Å². The third kappa shape index (κ3) is 3.85. The van der Waals surface area contributed by atoms with E-state index in [1.165, 1.54) is 12.1 Å². The molecule has 0 bridgehead atoms. The van der Waals surface area contributed by atoms with Crippen LogP contribution in [0.15, 0.2) is 53.4 Å². The lowest BCUT2D eigenvalue weighted by Crippen LogP contribution is -2.36. The van der Waals surface area contributed by atoms with Crippen molar-refractivity contribution in [3.63, 3.8) is 0 Å². The summed E-state index contributed by atoms with van der Waals surface area (Å²) >= 11 is 6.01. The average Bonchev–Trinajstić information content (AvgIpc) is 2.73. The number of rotatable bonds is 4. The third-order valence-corrected chi connectivity index (χ3v) is 7.43. The lowest BCUT2D eigenvalue weighted by Gasteiger charge is -2.33. The molecule has 2 atom stereocenters. The molecule has 6 nitrogen and oxygen atoms in total. The van der Waals surface area contributed by atoms with Crippen LogP contribution in [0.25, 0.3) is 11.0 Å². The summed E-state index contributed by atoms with van der Waals surface area (Å²) in [5.41, 5.74) is 1.40. The SMILES string of the molecule is C[C@@H]1CCCN(c2nc3ccccc3nc2[C@@H](C#N)S(=O)(=O)c2cccc(Cl)c2)C1. The molecule has 1 aliphatic heterocycles. The normalized spacial score (nSPS) is 18.2. The summed E-state index contributed by atoms with van der Waals surface area (Å²) in [6, 6.07) is 15.2. The molecule has 4 rings (SSSR count). The Balaban J connectivity index is 1.91. The Morgan fingerprint density at radius 3 is 2.57 bits per heavy atom. The number of fused-ring (bicyclic) bond motifs is 1. The minimum Gasteiger partial charge on any atom is -0.355 e. The largest absolute Gasteiger partial charge is 0.355 e. The molecule has 1 fully saturated rings. The monoisotopic (exact) mass is 440 g/mol. The van der Waals surface area contributed by atoms with Gasteiger partial charge < -0.3 is 4.90 Å². The van der Waals surface area contributed by atoms with Gasteiger partial charge in [-0.3, -0.25) is 0 Å². The van der Waals surface area contributed by atoms with Gasteiger partial charge in [-0.25, -0.2) is 18.4 Å². The summed E-state index contributed by atoms with van der Waals surface area (Å²) in [5.74, 6) is 0.919. The minimum atomic E-state index is -4.04. The Labute approximate surface area is 181 Å². The second kappa shape index (κ2) is 8.21. The standard InChI is InChI=1S/C22H21ClN4O2S/c1-15-6-5-11-27(14-15)22-21(25-18-9-2-3-10-19(18)26-22)20(13-24)30(28,29)17-8-4-7-16(23)12-17/h2-4,7-10,12,15,20H,5-6,11,14H2,1H3/t15-,20-/m1/s1. The smallest absolute Gasteiger partial charge is 0.200 e. The second-order valence-electron chi connectivity index (χ2n) is 7.63. The summed E-state index contributed by atoms with van der Waals surface area (Å²) < 4.78 is 26.8. The third-order valence-electron chi connectivity index (χ3n) is 5.34. The highest BCUT2D eigenvalue weighted by molar-refractivity contribution is 7.92. The van der Waals surface area contributed by atoms with Crippen molar-refractivity contribution >= 4 is 38.3 Å². The maximum atomic E-state index is 13.4. The quantitative estimate of drug-likeness (QED) is 0.591. The number of aromatic nitrogens is 2. The minimum absolute atomic E-state index is 0.00512. The number of nitrogens with zero attached hydrogens (tertiary/aromatic N) is 4. The lowest BCUT2D eigenvalue weighted by atomic mass is 10.00. The van der Waals surface area contributed by atoms with Gasteiger partial charge in [0.15, 0.2) is 11.1 Å². The maximum absolute atomic E-state index is 13.4. The van der Waals surface area contributed by atoms with Gasteiger partial charge in [-0.05, 0) is 49.1 Å². The Bertz CT molecular complexity index is 1240. The van der Waals surface area contributed by atoms with Crippen LogP contribution < -0.4 is 4.90 Å². The molecular formula is C22H21ClN4O2S. The molecular weight excluding hydrogens is 420 g/mol. The molecule has 1 aliphatic rings. The topological polar surface area (TPSA) is 86.9 Å². The fourth-order valence-electron chi connectivity index (χ4n) is 3.85. The molecule has 3 aromatic rings. The van der Waals surface area contributed by atoms with Crippen molar-refractivity contribution in [2.75, 3.05) is 18.0 Å². The van der Waals surface area contributed by atoms with Gasteiger partial charge in [-0.1, -0.05) is 36.7 Å². The molecule has 2 aromatic carbocycles. The van der Waals surface area contributed by atoms with Gasteiger partial charge in [-0.15, -0.1) is 0 Å². The molecule has 0 amide bonds. The Morgan fingerprint density at radius 2 is 1.90 bits per heavy atom. The van der Waals surface area contributed by atoms with Crippen LogP contribution in [0.2, 0.25) is 5.02 Å². The van der Waals surface area contributed by atoms with Crippen molar-refractivity contribution in [2.45, 2.75) is 29.9 Å². The Kier molecular flexibility index (Phi) is 5.63. The van der Waals surface area contributed by atoms with Gasteiger partial charge in [0.05, 0.1) is 22.0 Å². The molecule has 2 heterocycles. The first-order valence-electron chi connectivity index (χ1n) is 9.81. The molecule has 1 aromatic heterocycles. The second-order valence-corrected chi connectivity index (χ2v) is 10.1. The summed E-state index contributed by atoms with van der Waals surface area (Å²) in [6.45, 7) is 3.65. The van der Waals surface area contributed by atoms with Crippen LogP contribution in [0.1, 0.15) is 30.7 Å². The van der Waals surface area contributed by atoms with Crippen LogP contribution in [0.5, 0.6) is 0 Å². The molecule has 8 heteroatoms. The predicted molar refractivity (Wildman–Crippen MR) is 117 cm³/mol. The fraction of sp³-hybridized carbons (Fsp3) is 0.318. The van der Waals surface area contributed by atoms with Crippen molar-refractivity contribution in [1.29, 1.82) is 5.26 Å². The highest BCUT2D eigenvalue weighted by Crippen LogP contribution is 2.35. The first kappa shape index (κ1) is 20.6. The van der Waals surface area contributed by atoms with E-state index in [1.54, 1.807) is 18.2 Å². The van der Waals surface area contributed by atoms with Crippen LogP contribution >= 0.6 is 11.6 Å². The summed E-state index contributed by atoms with van der Waals surface area (Å²) in [6.07, 6.45) is 2.09. The number of para-hydroxylation sites is 2. The molecule has 0 N–H and O–H groups in total. The Morgan fingerprint density at radius 1 is 1.17 bits per heavy atom. The van der Waals surface area contributed by atoms with Crippen LogP contribution in [0.4, 0.5) is 5.82 Å². The molecule has 0 spiro atoms. The highest BCUT2D eigenvalue weighted by atomic mass is 35.5. The predicted octanol–water partition coefficient (Wildman–Crippen LogP) is 4.56. The molecule has 1 saturated heterocycles. The van der Waals surface area contributed by atoms with E-state index >= 15 is 0 Å². The van der Waals surface area contributed by atoms with E-state index in [1.807, 2.05) is 24.3 Å². The number of nitriles is 1. The van der Waals surface area contributed by atoms with E-state index in [4.69, 9.17) is 16.6 Å². The highest BCUT2D eigenvalue weighted by Gasteiger charge is 2.35. The van der Waals surface area contributed by atoms with Crippen LogP contribution in [0.3, 0.4) is 0 Å². The van der Waals surface area contributed by atoms with Gasteiger partial charge in [0.25, 0.3) is 0 Å². The number of benzene rings is 2. The van der Waals surface area contributed by atoms with Gasteiger partial charge >= 0.3 is 0 Å². The van der Waals surface area contributed by atoms with Gasteiger partial charge in [0.1, 0.15) is 5.69 Å². The fourth-order valence-corrected chi connectivity index (χ4v) is 5.53. The number of halogens is 1. The molecule has 0 radical (unpaired) electrons. The number of hydrogen-bond acceptors (Lipinski definition) is 6. The number of anilines is 1. The number of sulfone groups is 1. The van der Waals surface area contributed by atoms with E-state index in [0.29, 0.717) is 27.8 Å². The first-order chi connectivity index (χ1) is 14.4. The van der Waals surface area contributed by atoms with Gasteiger partial charge in [-0.2, -0.15) is 5.26 Å². The molecule has 0 saturated carbocycles. The van der Waals surface area contributed by atoms with E-state index in [9.17, 15) is 13.7 Å². The molecule has 154 valence electrons. The van der Waals surface area contributed by atoms with E-state index in [0.717, 1.165) is 25.9 Å². The average molecular weight is 441 g/mol. The lowest BCUT2D eigenvalue weighted by molar-refractivity contribution is 0.443. The Hall–Kier alpha value is -2.69. The van der Waals surface area contributed by atoms with E-state index in [2.05, 4.69) is 16.8 Å². The zero-order valence-electron chi connectivity index (χ0n) is 16.5. The van der Waals surface area contributed by atoms with Crippen molar-refractivity contribution in [3.8, 4) is 6.07 Å². The van der Waals surface area contributed by atoms with Crippen molar-refractivity contribution in [3.05, 3.63) is 59.2 Å². The van der Waals surface area contributed by atoms with E-state index < -0.39 is 15.1 Å². The zero-order valence-corrected chi connectivity index (χ0v) is 18.1. The summed E-state index contributed by atoms with van der Waals surface area (Å²) in [4.78, 5) is 11.4. The van der Waals surface area contributed by atoms with Crippen LogP contribution in [-0.2, 0) is 9.84 Å².